The molecule has 2 rings (SSSR count). The molecule has 0 aliphatic carbocycles. The first-order valence-electron chi connectivity index (χ1n) is 5.98. The van der Waals surface area contributed by atoms with Crippen molar-refractivity contribution in [2.45, 2.75) is 31.8 Å². The summed E-state index contributed by atoms with van der Waals surface area (Å²) in [6.07, 6.45) is 2.47. The molecule has 1 saturated heterocycles. The van der Waals surface area contributed by atoms with E-state index in [1.807, 2.05) is 19.1 Å². The van der Waals surface area contributed by atoms with Crippen LogP contribution in [0.1, 0.15) is 31.4 Å². The number of rotatable bonds is 4. The van der Waals surface area contributed by atoms with Crippen molar-refractivity contribution in [3.8, 4) is 0 Å². The number of benzene rings is 1. The third-order valence-corrected chi connectivity index (χ3v) is 3.20. The van der Waals surface area contributed by atoms with E-state index in [1.165, 1.54) is 18.9 Å². The van der Waals surface area contributed by atoms with Gasteiger partial charge in [-0.25, -0.2) is 4.39 Å². The Bertz CT molecular complexity index is 334. The minimum atomic E-state index is -0.123. The van der Waals surface area contributed by atoms with Crippen molar-refractivity contribution < 1.29 is 4.39 Å². The Morgan fingerprint density at radius 3 is 3.00 bits per heavy atom. The highest BCUT2D eigenvalue weighted by atomic mass is 19.1. The van der Waals surface area contributed by atoms with Crippen LogP contribution in [0.25, 0.3) is 0 Å². The van der Waals surface area contributed by atoms with Crippen LogP contribution in [0.2, 0.25) is 0 Å². The number of halogens is 1. The molecule has 3 heteroatoms. The van der Waals surface area contributed by atoms with E-state index in [9.17, 15) is 4.39 Å². The third kappa shape index (κ3) is 2.80. The Labute approximate surface area is 96.2 Å². The lowest BCUT2D eigenvalue weighted by Gasteiger charge is -2.18. The fraction of sp³-hybridized carbons (Fsp3) is 0.538. The van der Waals surface area contributed by atoms with Crippen LogP contribution in [0.5, 0.6) is 0 Å². The lowest BCUT2D eigenvalue weighted by molar-refractivity contribution is 0.475. The molecule has 0 aromatic heterocycles. The topological polar surface area (TPSA) is 24.1 Å². The van der Waals surface area contributed by atoms with Crippen LogP contribution in [0.3, 0.4) is 0 Å². The summed E-state index contributed by atoms with van der Waals surface area (Å²) in [4.78, 5) is 0. The second kappa shape index (κ2) is 5.41. The van der Waals surface area contributed by atoms with Crippen LogP contribution in [0.4, 0.5) is 4.39 Å². The maximum atomic E-state index is 13.5. The normalized spacial score (nSPS) is 22.2. The molecule has 1 fully saturated rings. The number of hydrogen-bond acceptors (Lipinski definition) is 2. The summed E-state index contributed by atoms with van der Waals surface area (Å²) in [5, 5.41) is 6.80. The van der Waals surface area contributed by atoms with E-state index in [1.54, 1.807) is 6.07 Å². The van der Waals surface area contributed by atoms with Crippen LogP contribution in [-0.2, 0) is 0 Å². The van der Waals surface area contributed by atoms with E-state index in [0.29, 0.717) is 6.04 Å². The highest BCUT2D eigenvalue weighted by Crippen LogP contribution is 2.16. The maximum absolute atomic E-state index is 13.5. The quantitative estimate of drug-likeness (QED) is 0.816. The molecule has 16 heavy (non-hydrogen) atoms. The van der Waals surface area contributed by atoms with Gasteiger partial charge in [-0.1, -0.05) is 18.2 Å². The van der Waals surface area contributed by atoms with Crippen LogP contribution >= 0.6 is 0 Å². The third-order valence-electron chi connectivity index (χ3n) is 3.20. The molecule has 1 aromatic rings. The lowest BCUT2D eigenvalue weighted by Crippen LogP contribution is -2.35. The molecule has 0 saturated carbocycles. The zero-order valence-electron chi connectivity index (χ0n) is 9.67. The highest BCUT2D eigenvalue weighted by molar-refractivity contribution is 5.20. The Morgan fingerprint density at radius 2 is 2.31 bits per heavy atom. The average molecular weight is 222 g/mol. The van der Waals surface area contributed by atoms with Crippen molar-refractivity contribution in [3.05, 3.63) is 35.6 Å². The van der Waals surface area contributed by atoms with Crippen LogP contribution < -0.4 is 10.6 Å². The molecule has 0 radical (unpaired) electrons. The van der Waals surface area contributed by atoms with E-state index >= 15 is 0 Å². The van der Waals surface area contributed by atoms with Crippen molar-refractivity contribution in [3.63, 3.8) is 0 Å². The van der Waals surface area contributed by atoms with E-state index in [-0.39, 0.29) is 11.9 Å². The summed E-state index contributed by atoms with van der Waals surface area (Å²) in [6.45, 7) is 4.03. The molecule has 88 valence electrons. The van der Waals surface area contributed by atoms with E-state index in [0.717, 1.165) is 18.7 Å². The van der Waals surface area contributed by atoms with Crippen LogP contribution in [0.15, 0.2) is 24.3 Å². The Hall–Kier alpha value is -0.930. The SMILES string of the molecule is CC(NCC1CCCN1)c1ccccc1F. The highest BCUT2D eigenvalue weighted by Gasteiger charge is 2.16. The molecule has 0 bridgehead atoms. The summed E-state index contributed by atoms with van der Waals surface area (Å²) in [7, 11) is 0. The Morgan fingerprint density at radius 1 is 1.50 bits per heavy atom. The van der Waals surface area contributed by atoms with Gasteiger partial charge in [-0.3, -0.25) is 0 Å². The van der Waals surface area contributed by atoms with E-state index in [4.69, 9.17) is 0 Å². The molecule has 1 aliphatic rings. The predicted molar refractivity (Wildman–Crippen MR) is 63.8 cm³/mol. The van der Waals surface area contributed by atoms with Crippen LogP contribution in [-0.4, -0.2) is 19.1 Å². The summed E-state index contributed by atoms with van der Waals surface area (Å²) in [6, 6.07) is 7.59. The molecule has 0 amide bonds. The van der Waals surface area contributed by atoms with Gasteiger partial charge in [0.25, 0.3) is 0 Å². The van der Waals surface area contributed by atoms with Gasteiger partial charge < -0.3 is 10.6 Å². The second-order valence-electron chi connectivity index (χ2n) is 4.44. The molecular weight excluding hydrogens is 203 g/mol. The largest absolute Gasteiger partial charge is 0.313 e. The summed E-state index contributed by atoms with van der Waals surface area (Å²) >= 11 is 0. The smallest absolute Gasteiger partial charge is 0.127 e. The van der Waals surface area contributed by atoms with Gasteiger partial charge in [-0.15, -0.1) is 0 Å². The van der Waals surface area contributed by atoms with Gasteiger partial charge in [0.2, 0.25) is 0 Å². The van der Waals surface area contributed by atoms with Crippen molar-refractivity contribution in [2.24, 2.45) is 0 Å². The van der Waals surface area contributed by atoms with Crippen molar-refractivity contribution in [1.29, 1.82) is 0 Å². The number of nitrogens with one attached hydrogen (secondary N) is 2. The predicted octanol–water partition coefficient (Wildman–Crippen LogP) is 2.23. The fourth-order valence-corrected chi connectivity index (χ4v) is 2.19. The Kier molecular flexibility index (Phi) is 3.91. The van der Waals surface area contributed by atoms with Gasteiger partial charge >= 0.3 is 0 Å². The molecule has 2 N–H and O–H groups in total. The monoisotopic (exact) mass is 222 g/mol. The molecule has 2 unspecified atom stereocenters. The first kappa shape index (κ1) is 11.6. The van der Waals surface area contributed by atoms with Gasteiger partial charge in [0.05, 0.1) is 0 Å². The summed E-state index contributed by atoms with van der Waals surface area (Å²) in [5.41, 5.74) is 0.750. The molecular formula is C13H19FN2. The van der Waals surface area contributed by atoms with Crippen LogP contribution in [0, 0.1) is 5.82 Å². The van der Waals surface area contributed by atoms with Crippen molar-refractivity contribution in [1.82, 2.24) is 10.6 Å². The van der Waals surface area contributed by atoms with Crippen molar-refractivity contribution in [2.75, 3.05) is 13.1 Å². The maximum Gasteiger partial charge on any atom is 0.127 e. The zero-order valence-corrected chi connectivity index (χ0v) is 9.67. The van der Waals surface area contributed by atoms with E-state index in [2.05, 4.69) is 10.6 Å². The van der Waals surface area contributed by atoms with E-state index < -0.39 is 0 Å². The fourth-order valence-electron chi connectivity index (χ4n) is 2.19. The minimum absolute atomic E-state index is 0.0728. The average Bonchev–Trinajstić information content (AvgIpc) is 2.79. The van der Waals surface area contributed by atoms with Gasteiger partial charge in [-0.05, 0) is 32.4 Å². The first-order chi connectivity index (χ1) is 7.77. The molecule has 1 aromatic carbocycles. The molecule has 1 heterocycles. The van der Waals surface area contributed by atoms with Gasteiger partial charge in [0, 0.05) is 24.2 Å². The molecule has 2 atom stereocenters. The molecule has 2 nitrogen and oxygen atoms in total. The van der Waals surface area contributed by atoms with Crippen molar-refractivity contribution >= 4 is 0 Å². The first-order valence-corrected chi connectivity index (χ1v) is 5.98. The Balaban J connectivity index is 1.87. The van der Waals surface area contributed by atoms with Gasteiger partial charge in [-0.2, -0.15) is 0 Å². The molecule has 1 aliphatic heterocycles. The zero-order chi connectivity index (χ0) is 11.4. The lowest BCUT2D eigenvalue weighted by atomic mass is 10.1. The summed E-state index contributed by atoms with van der Waals surface area (Å²) in [5.74, 6) is -0.123. The standard InChI is InChI=1S/C13H19FN2/c1-10(12-6-2-3-7-13(12)14)16-9-11-5-4-8-15-11/h2-3,6-7,10-11,15-16H,4-5,8-9H2,1H3. The van der Waals surface area contributed by atoms with Gasteiger partial charge in [0.15, 0.2) is 0 Å². The van der Waals surface area contributed by atoms with Gasteiger partial charge in [0.1, 0.15) is 5.82 Å². The minimum Gasteiger partial charge on any atom is -0.313 e. The summed E-state index contributed by atoms with van der Waals surface area (Å²) < 4.78 is 13.5. The second-order valence-corrected chi connectivity index (χ2v) is 4.44. The number of hydrogen-bond donors (Lipinski definition) is 2. The molecule has 0 spiro atoms.